The van der Waals surface area contributed by atoms with E-state index < -0.39 is 51.4 Å². The molecular weight excluding hydrogens is 614 g/mol. The summed E-state index contributed by atoms with van der Waals surface area (Å²) in [6, 6.07) is 12.4. The van der Waals surface area contributed by atoms with Crippen LogP contribution >= 0.6 is 0 Å². The molecule has 0 heterocycles. The smallest absolute Gasteiger partial charge is 0.494 e. The maximum absolute atomic E-state index is 12.4. The monoisotopic (exact) mass is 660 g/mol. The molecule has 0 spiro atoms. The molecule has 2 aromatic rings. The van der Waals surface area contributed by atoms with E-state index in [9.17, 15) is 18.0 Å². The van der Waals surface area contributed by atoms with Crippen LogP contribution in [0.15, 0.2) is 48.5 Å². The van der Waals surface area contributed by atoms with Gasteiger partial charge in [0.05, 0.1) is 12.2 Å². The molecule has 0 saturated heterocycles. The number of hydrogen-bond donors (Lipinski definition) is 0. The first-order valence-electron chi connectivity index (χ1n) is 14.4. The first kappa shape index (κ1) is 36.3. The number of halogens is 3. The molecule has 0 aliphatic heterocycles. The maximum Gasteiger partial charge on any atom is 0.573 e. The fourth-order valence-electron chi connectivity index (χ4n) is 5.21. The van der Waals surface area contributed by atoms with Crippen molar-refractivity contribution in [2.45, 2.75) is 96.3 Å². The van der Waals surface area contributed by atoms with Crippen LogP contribution < -0.4 is 14.2 Å². The first-order chi connectivity index (χ1) is 19.1. The number of alkyl halides is 3. The molecule has 6 nitrogen and oxygen atoms in total. The van der Waals surface area contributed by atoms with Crippen LogP contribution in [0.5, 0.6) is 17.2 Å². The molecule has 1 unspecified atom stereocenters. The zero-order valence-corrected chi connectivity index (χ0v) is 30.4. The van der Waals surface area contributed by atoms with Crippen LogP contribution in [0.4, 0.5) is 13.2 Å². The number of ether oxygens (including phenoxy) is 3. The van der Waals surface area contributed by atoms with Crippen molar-refractivity contribution in [2.75, 3.05) is 6.61 Å². The van der Waals surface area contributed by atoms with E-state index >= 15 is 0 Å². The van der Waals surface area contributed by atoms with Crippen molar-refractivity contribution in [3.05, 3.63) is 54.1 Å². The second-order valence-electron chi connectivity index (χ2n) is 13.4. The van der Waals surface area contributed by atoms with E-state index in [1.807, 2.05) is 0 Å². The van der Waals surface area contributed by atoms with E-state index in [0.29, 0.717) is 17.9 Å². The van der Waals surface area contributed by atoms with Gasteiger partial charge in [0.1, 0.15) is 17.2 Å². The number of esters is 1. The molecule has 0 aromatic heterocycles. The Morgan fingerprint density at radius 3 is 1.74 bits per heavy atom. The van der Waals surface area contributed by atoms with Crippen molar-refractivity contribution in [1.82, 2.24) is 0 Å². The van der Waals surface area contributed by atoms with Gasteiger partial charge in [0.2, 0.25) is 0 Å². The number of unbranched alkanes of at least 4 members (excludes halogenated alkanes) is 2. The van der Waals surface area contributed by atoms with Crippen molar-refractivity contribution in [2.24, 2.45) is 0 Å². The summed E-state index contributed by atoms with van der Waals surface area (Å²) in [5.74, 6) is -0.255. The van der Waals surface area contributed by atoms with Crippen LogP contribution in [0.1, 0.15) is 29.6 Å². The van der Waals surface area contributed by atoms with Crippen molar-refractivity contribution < 1.29 is 40.4 Å². The van der Waals surface area contributed by atoms with E-state index in [4.69, 9.17) is 17.7 Å². The highest BCUT2D eigenvalue weighted by Crippen LogP contribution is 2.32. The molecule has 0 saturated carbocycles. The molecule has 0 aliphatic carbocycles. The van der Waals surface area contributed by atoms with Crippen LogP contribution in [-0.2, 0) is 8.23 Å². The lowest BCUT2D eigenvalue weighted by molar-refractivity contribution is -0.274. The molecule has 42 heavy (non-hydrogen) atoms. The molecule has 0 aliphatic rings. The summed E-state index contributed by atoms with van der Waals surface area (Å²) < 4.78 is 65.4. The number of hydrogen-bond acceptors (Lipinski definition) is 6. The van der Waals surface area contributed by atoms with Gasteiger partial charge in [0, 0.05) is 0 Å². The third kappa shape index (κ3) is 15.0. The van der Waals surface area contributed by atoms with Crippen molar-refractivity contribution in [1.29, 1.82) is 0 Å². The van der Waals surface area contributed by atoms with Crippen molar-refractivity contribution >= 4 is 39.2 Å². The molecule has 1 atom stereocenters. The van der Waals surface area contributed by atoms with Crippen LogP contribution in [-0.4, -0.2) is 52.2 Å². The van der Waals surface area contributed by atoms with Gasteiger partial charge in [-0.05, 0) is 126 Å². The van der Waals surface area contributed by atoms with Crippen LogP contribution in [0, 0.1) is 0 Å². The molecule has 0 N–H and O–H groups in total. The second kappa shape index (κ2) is 14.7. The molecule has 0 amide bonds. The molecule has 13 heteroatoms. The Morgan fingerprint density at radius 2 is 1.21 bits per heavy atom. The average Bonchev–Trinajstić information content (AvgIpc) is 2.78. The van der Waals surface area contributed by atoms with Crippen LogP contribution in [0.3, 0.4) is 0 Å². The number of carbonyl (C=O) groups is 1. The lowest BCUT2D eigenvalue weighted by Gasteiger charge is -2.41. The summed E-state index contributed by atoms with van der Waals surface area (Å²) in [6.07, 6.45) is -1.72. The summed E-state index contributed by atoms with van der Waals surface area (Å²) in [4.78, 5) is 12.4. The Morgan fingerprint density at radius 1 is 0.690 bits per heavy atom. The lowest BCUT2D eigenvalue weighted by Crippen LogP contribution is -2.53. The van der Waals surface area contributed by atoms with Crippen LogP contribution in [0.2, 0.25) is 70.6 Å². The molecule has 0 radical (unpaired) electrons. The highest BCUT2D eigenvalue weighted by molar-refractivity contribution is 6.97. The third-order valence-electron chi connectivity index (χ3n) is 5.91. The number of carbonyl (C=O) groups excluding carboxylic acids is 1. The number of benzene rings is 2. The van der Waals surface area contributed by atoms with E-state index in [1.165, 1.54) is 12.1 Å². The van der Waals surface area contributed by atoms with Gasteiger partial charge in [-0.1, -0.05) is 12.8 Å². The third-order valence-corrected chi connectivity index (χ3v) is 22.8. The van der Waals surface area contributed by atoms with Gasteiger partial charge in [-0.25, -0.2) is 4.79 Å². The zero-order valence-electron chi connectivity index (χ0n) is 26.4. The summed E-state index contributed by atoms with van der Waals surface area (Å²) >= 11 is 0. The van der Waals surface area contributed by atoms with E-state index in [2.05, 4.69) is 63.7 Å². The zero-order chi connectivity index (χ0) is 31.8. The van der Waals surface area contributed by atoms with E-state index in [1.54, 1.807) is 24.3 Å². The molecule has 236 valence electrons. The highest BCUT2D eigenvalue weighted by atomic mass is 28.5. The maximum atomic E-state index is 12.4. The van der Waals surface area contributed by atoms with Gasteiger partial charge in [0.25, 0.3) is 0 Å². The SMILES string of the molecule is C[Si](C)(C)O[Si](C)(C)C[Si](C)(CCCCCOc1ccc(C(=O)Oc2ccc(OC(F)(F)F)cc2)cc1)O[Si](C)(C)C. The minimum absolute atomic E-state index is 0.110. The van der Waals surface area contributed by atoms with Gasteiger partial charge in [-0.2, -0.15) is 0 Å². The van der Waals surface area contributed by atoms with Gasteiger partial charge < -0.3 is 22.4 Å². The summed E-state index contributed by atoms with van der Waals surface area (Å²) in [6.45, 7) is 21.3. The Hall–Kier alpha value is -1.91. The fraction of sp³-hybridized carbons (Fsp3) is 0.552. The Kier molecular flexibility index (Phi) is 12.7. The highest BCUT2D eigenvalue weighted by Gasteiger charge is 2.42. The molecule has 0 bridgehead atoms. The van der Waals surface area contributed by atoms with Crippen LogP contribution in [0.25, 0.3) is 0 Å². The van der Waals surface area contributed by atoms with E-state index in [0.717, 1.165) is 43.1 Å². The largest absolute Gasteiger partial charge is 0.573 e. The lowest BCUT2D eigenvalue weighted by atomic mass is 10.2. The van der Waals surface area contributed by atoms with Gasteiger partial charge in [-0.3, -0.25) is 0 Å². The Labute approximate surface area is 253 Å². The van der Waals surface area contributed by atoms with E-state index in [-0.39, 0.29) is 5.75 Å². The van der Waals surface area contributed by atoms with Gasteiger partial charge in [0.15, 0.2) is 33.3 Å². The summed E-state index contributed by atoms with van der Waals surface area (Å²) in [7, 11) is -7.02. The summed E-state index contributed by atoms with van der Waals surface area (Å²) in [5.41, 5.74) is 1.42. The van der Waals surface area contributed by atoms with Crippen molar-refractivity contribution in [3.63, 3.8) is 0 Å². The minimum atomic E-state index is -4.78. The number of rotatable bonds is 16. The average molecular weight is 661 g/mol. The predicted octanol–water partition coefficient (Wildman–Crippen LogP) is 9.38. The minimum Gasteiger partial charge on any atom is -0.494 e. The Balaban J connectivity index is 1.80. The quantitative estimate of drug-likeness (QED) is 0.0774. The van der Waals surface area contributed by atoms with Gasteiger partial charge >= 0.3 is 12.3 Å². The molecule has 2 aromatic carbocycles. The Bertz CT molecular complexity index is 1130. The topological polar surface area (TPSA) is 63.2 Å². The van der Waals surface area contributed by atoms with Gasteiger partial charge in [-0.15, -0.1) is 13.2 Å². The standard InChI is InChI=1S/C29H47F3O6Si4/c1-39(2,3)37-41(7,8)23-42(9,38-40(4,5)6)22-12-10-11-21-34-25-15-13-24(14-16-25)28(33)35-26-17-19-27(20-18-26)36-29(30,31)32/h13-20H,10-12,21-23H2,1-9H3. The molecule has 2 rings (SSSR count). The van der Waals surface area contributed by atoms with Crippen molar-refractivity contribution in [3.8, 4) is 17.2 Å². The molecule has 0 fully saturated rings. The first-order valence-corrected chi connectivity index (χ1v) is 27.1. The summed E-state index contributed by atoms with van der Waals surface area (Å²) in [5, 5.41) is 0. The predicted molar refractivity (Wildman–Crippen MR) is 171 cm³/mol. The second-order valence-corrected chi connectivity index (χ2v) is 31.8. The molecular formula is C29H47F3O6Si4. The fourth-order valence-corrected chi connectivity index (χ4v) is 28.9. The normalized spacial score (nSPS) is 14.3.